The Morgan fingerprint density at radius 3 is 2.21 bits per heavy atom. The number of hydrogen-bond donors (Lipinski definition) is 1. The highest BCUT2D eigenvalue weighted by Crippen LogP contribution is 2.19. The lowest BCUT2D eigenvalue weighted by atomic mass is 10.2. The Morgan fingerprint density at radius 2 is 1.79 bits per heavy atom. The molecule has 1 aromatic carbocycles. The summed E-state index contributed by atoms with van der Waals surface area (Å²) < 4.78 is 25.1. The van der Waals surface area contributed by atoms with E-state index < -0.39 is 18.1 Å². The van der Waals surface area contributed by atoms with Gasteiger partial charge in [-0.15, -0.1) is 5.54 Å². The third-order valence-electron chi connectivity index (χ3n) is 2.37. The molecule has 0 atom stereocenters. The van der Waals surface area contributed by atoms with Crippen LogP contribution in [0.1, 0.15) is 5.56 Å². The van der Waals surface area contributed by atoms with Gasteiger partial charge < -0.3 is 5.73 Å². The average molecular weight is 296 g/mol. The summed E-state index contributed by atoms with van der Waals surface area (Å²) in [6.07, 6.45) is 0. The number of anilines is 1. The number of benzene rings is 1. The van der Waals surface area contributed by atoms with E-state index in [1.54, 1.807) is 12.1 Å². The lowest BCUT2D eigenvalue weighted by Gasteiger charge is -2.12. The van der Waals surface area contributed by atoms with Crippen LogP contribution in [0.3, 0.4) is 0 Å². The fraction of sp³-hybridized carbons (Fsp3) is 0.385. The van der Waals surface area contributed by atoms with E-state index in [2.05, 4.69) is 31.1 Å². The van der Waals surface area contributed by atoms with E-state index in [4.69, 9.17) is 5.73 Å². The van der Waals surface area contributed by atoms with Crippen molar-refractivity contribution in [3.05, 3.63) is 23.8 Å². The SMILES string of the molecule is CN(C)S(=O)(=O)c1ccc(C#C[Si](C)(C)C)c(N)c1. The first-order valence-electron chi connectivity index (χ1n) is 5.89. The normalized spacial score (nSPS) is 12.1. The van der Waals surface area contributed by atoms with Crippen LogP contribution < -0.4 is 5.73 Å². The molecule has 1 aromatic rings. The highest BCUT2D eigenvalue weighted by Gasteiger charge is 2.17. The third-order valence-corrected chi connectivity index (χ3v) is 5.06. The van der Waals surface area contributed by atoms with Crippen LogP contribution in [-0.4, -0.2) is 34.9 Å². The fourth-order valence-corrected chi connectivity index (χ4v) is 2.73. The van der Waals surface area contributed by atoms with E-state index in [0.29, 0.717) is 11.3 Å². The number of sulfonamides is 1. The number of nitrogen functional groups attached to an aromatic ring is 1. The van der Waals surface area contributed by atoms with E-state index in [-0.39, 0.29) is 4.90 Å². The van der Waals surface area contributed by atoms with E-state index in [0.717, 1.165) is 4.31 Å². The maximum Gasteiger partial charge on any atom is 0.242 e. The van der Waals surface area contributed by atoms with Gasteiger partial charge in [0.2, 0.25) is 10.0 Å². The van der Waals surface area contributed by atoms with Gasteiger partial charge in [-0.2, -0.15) is 0 Å². The second-order valence-electron chi connectivity index (χ2n) is 5.54. The van der Waals surface area contributed by atoms with Crippen LogP contribution in [0.4, 0.5) is 5.69 Å². The zero-order chi connectivity index (χ0) is 14.8. The molecule has 0 aliphatic carbocycles. The van der Waals surface area contributed by atoms with Crippen molar-refractivity contribution in [1.82, 2.24) is 4.31 Å². The maximum absolute atomic E-state index is 12.0. The van der Waals surface area contributed by atoms with Gasteiger partial charge in [0.1, 0.15) is 8.07 Å². The summed E-state index contributed by atoms with van der Waals surface area (Å²) in [6.45, 7) is 6.42. The molecule has 0 spiro atoms. The lowest BCUT2D eigenvalue weighted by Crippen LogP contribution is -2.22. The molecule has 0 unspecified atom stereocenters. The summed E-state index contributed by atoms with van der Waals surface area (Å²) in [4.78, 5) is 0.188. The first kappa shape index (κ1) is 15.8. The van der Waals surface area contributed by atoms with Crippen LogP contribution in [0.15, 0.2) is 23.1 Å². The summed E-state index contributed by atoms with van der Waals surface area (Å²) >= 11 is 0. The fourth-order valence-electron chi connectivity index (χ4n) is 1.28. The minimum Gasteiger partial charge on any atom is -0.398 e. The standard InChI is InChI=1S/C13H20N2O2SSi/c1-15(2)18(16,17)12-7-6-11(13(14)10-12)8-9-19(3,4)5/h6-7,10H,14H2,1-5H3. The van der Waals surface area contributed by atoms with Gasteiger partial charge in [0.05, 0.1) is 4.90 Å². The molecule has 19 heavy (non-hydrogen) atoms. The average Bonchev–Trinajstić information content (AvgIpc) is 2.25. The monoisotopic (exact) mass is 296 g/mol. The Bertz CT molecular complexity index is 635. The maximum atomic E-state index is 12.0. The van der Waals surface area contributed by atoms with Crippen molar-refractivity contribution >= 4 is 23.8 Å². The molecular weight excluding hydrogens is 276 g/mol. The second-order valence-corrected chi connectivity index (χ2v) is 12.4. The number of hydrogen-bond acceptors (Lipinski definition) is 3. The first-order chi connectivity index (χ1) is 8.54. The lowest BCUT2D eigenvalue weighted by molar-refractivity contribution is 0.521. The molecule has 0 aliphatic rings. The van der Waals surface area contributed by atoms with Gasteiger partial charge in [-0.1, -0.05) is 25.6 Å². The van der Waals surface area contributed by atoms with Gasteiger partial charge >= 0.3 is 0 Å². The largest absolute Gasteiger partial charge is 0.398 e. The summed E-state index contributed by atoms with van der Waals surface area (Å²) in [5.41, 5.74) is 10.2. The molecule has 0 saturated heterocycles. The molecule has 1 rings (SSSR count). The first-order valence-corrected chi connectivity index (χ1v) is 10.8. The molecule has 0 aromatic heterocycles. The van der Waals surface area contributed by atoms with E-state index >= 15 is 0 Å². The molecule has 0 amide bonds. The van der Waals surface area contributed by atoms with Crippen LogP contribution in [0, 0.1) is 11.5 Å². The Labute approximate surface area is 116 Å². The van der Waals surface area contributed by atoms with Gasteiger partial charge in [-0.3, -0.25) is 0 Å². The van der Waals surface area contributed by atoms with Crippen molar-refractivity contribution < 1.29 is 8.42 Å². The Balaban J connectivity index is 3.22. The molecule has 2 N–H and O–H groups in total. The predicted octanol–water partition coefficient (Wildman–Crippen LogP) is 1.75. The molecule has 6 heteroatoms. The van der Waals surface area contributed by atoms with E-state index in [1.807, 2.05) is 0 Å². The van der Waals surface area contributed by atoms with Crippen LogP contribution in [0.25, 0.3) is 0 Å². The molecule has 104 valence electrons. The van der Waals surface area contributed by atoms with Gasteiger partial charge in [-0.05, 0) is 18.2 Å². The highest BCUT2D eigenvalue weighted by molar-refractivity contribution is 7.89. The minimum atomic E-state index is -3.45. The van der Waals surface area contributed by atoms with Crippen molar-refractivity contribution in [2.75, 3.05) is 19.8 Å². The molecule has 4 nitrogen and oxygen atoms in total. The Hall–Kier alpha value is -1.29. The van der Waals surface area contributed by atoms with Gasteiger partial charge in [0.25, 0.3) is 0 Å². The molecule has 0 saturated carbocycles. The minimum absolute atomic E-state index is 0.188. The zero-order valence-corrected chi connectivity index (χ0v) is 13.8. The van der Waals surface area contributed by atoms with Gasteiger partial charge in [-0.25, -0.2) is 12.7 Å². The molecule has 0 heterocycles. The van der Waals surface area contributed by atoms with Crippen LogP contribution in [0.5, 0.6) is 0 Å². The summed E-state index contributed by atoms with van der Waals surface area (Å²) in [5.74, 6) is 3.04. The Kier molecular flexibility index (Phi) is 4.45. The number of nitrogens with zero attached hydrogens (tertiary/aromatic N) is 1. The Morgan fingerprint density at radius 1 is 1.21 bits per heavy atom. The third kappa shape index (κ3) is 4.09. The summed E-state index contributed by atoms with van der Waals surface area (Å²) in [6, 6.07) is 4.67. The van der Waals surface area contributed by atoms with E-state index in [1.165, 1.54) is 20.2 Å². The number of rotatable bonds is 2. The van der Waals surface area contributed by atoms with Crippen molar-refractivity contribution in [2.45, 2.75) is 24.5 Å². The van der Waals surface area contributed by atoms with Crippen molar-refractivity contribution in [3.8, 4) is 11.5 Å². The van der Waals surface area contributed by atoms with Crippen molar-refractivity contribution in [1.29, 1.82) is 0 Å². The van der Waals surface area contributed by atoms with Crippen LogP contribution in [-0.2, 0) is 10.0 Å². The molecule has 0 fully saturated rings. The summed E-state index contributed by atoms with van der Waals surface area (Å²) in [7, 11) is -1.94. The smallest absolute Gasteiger partial charge is 0.242 e. The summed E-state index contributed by atoms with van der Waals surface area (Å²) in [5, 5.41) is 0. The topological polar surface area (TPSA) is 63.4 Å². The quantitative estimate of drug-likeness (QED) is 0.514. The van der Waals surface area contributed by atoms with Crippen LogP contribution >= 0.6 is 0 Å². The highest BCUT2D eigenvalue weighted by atomic mass is 32.2. The second kappa shape index (κ2) is 5.37. The molecule has 0 radical (unpaired) electrons. The van der Waals surface area contributed by atoms with Crippen molar-refractivity contribution in [3.63, 3.8) is 0 Å². The molecule has 0 bridgehead atoms. The zero-order valence-electron chi connectivity index (χ0n) is 12.0. The number of nitrogens with two attached hydrogens (primary N) is 1. The predicted molar refractivity (Wildman–Crippen MR) is 82.0 cm³/mol. The van der Waals surface area contributed by atoms with Crippen LogP contribution in [0.2, 0.25) is 19.6 Å². The van der Waals surface area contributed by atoms with Gasteiger partial charge in [0, 0.05) is 25.3 Å². The molecular formula is C13H20N2O2SSi. The van der Waals surface area contributed by atoms with Gasteiger partial charge in [0.15, 0.2) is 0 Å². The van der Waals surface area contributed by atoms with E-state index in [9.17, 15) is 8.42 Å². The van der Waals surface area contributed by atoms with Crippen molar-refractivity contribution in [2.24, 2.45) is 0 Å². The molecule has 0 aliphatic heterocycles.